The van der Waals surface area contributed by atoms with Gasteiger partial charge < -0.3 is 4.74 Å². The van der Waals surface area contributed by atoms with Gasteiger partial charge in [0.1, 0.15) is 0 Å². The van der Waals surface area contributed by atoms with Crippen LogP contribution in [0, 0.1) is 0 Å². The third-order valence-corrected chi connectivity index (χ3v) is 4.91. The lowest BCUT2D eigenvalue weighted by molar-refractivity contribution is -0.125. The monoisotopic (exact) mass is 344 g/mol. The number of carbonyl (C=O) groups excluding carboxylic acids is 1. The number of halogens is 2. The molecule has 2 aliphatic rings. The maximum absolute atomic E-state index is 12.0. The normalized spacial score (nSPS) is 24.3. The highest BCUT2D eigenvalue weighted by atomic mass is 35.5. The summed E-state index contributed by atoms with van der Waals surface area (Å²) >= 11 is 13.5. The maximum atomic E-state index is 12.0. The van der Waals surface area contributed by atoms with Crippen LogP contribution >= 0.6 is 35.0 Å². The molecule has 1 amide bonds. The van der Waals surface area contributed by atoms with Crippen LogP contribution in [-0.2, 0) is 9.53 Å². The zero-order chi connectivity index (χ0) is 14.8. The van der Waals surface area contributed by atoms with Gasteiger partial charge in [0.15, 0.2) is 5.17 Å². The molecule has 0 N–H and O–H groups in total. The molecule has 2 saturated heterocycles. The fourth-order valence-electron chi connectivity index (χ4n) is 2.33. The number of benzene rings is 1. The third kappa shape index (κ3) is 3.54. The van der Waals surface area contributed by atoms with Gasteiger partial charge in [0.2, 0.25) is 5.91 Å². The molecular formula is C14H14Cl2N2O2S. The average Bonchev–Trinajstić information content (AvgIpc) is 3.08. The van der Waals surface area contributed by atoms with Crippen LogP contribution in [0.4, 0.5) is 5.69 Å². The van der Waals surface area contributed by atoms with Gasteiger partial charge in [-0.3, -0.25) is 9.69 Å². The average molecular weight is 345 g/mol. The summed E-state index contributed by atoms with van der Waals surface area (Å²) in [6, 6.07) is 5.12. The van der Waals surface area contributed by atoms with Gasteiger partial charge in [-0.2, -0.15) is 0 Å². The number of aliphatic imine (C=N–C) groups is 1. The third-order valence-electron chi connectivity index (χ3n) is 3.39. The largest absolute Gasteiger partial charge is 0.376 e. The number of amidine groups is 1. The zero-order valence-electron chi connectivity index (χ0n) is 11.2. The van der Waals surface area contributed by atoms with Crippen LogP contribution in [-0.4, -0.2) is 41.0 Å². The lowest BCUT2D eigenvalue weighted by Crippen LogP contribution is -2.36. The molecule has 0 spiro atoms. The quantitative estimate of drug-likeness (QED) is 0.838. The first-order valence-electron chi connectivity index (χ1n) is 6.72. The second kappa shape index (κ2) is 6.57. The number of hydrogen-bond acceptors (Lipinski definition) is 4. The van der Waals surface area contributed by atoms with Crippen molar-refractivity contribution in [2.75, 3.05) is 18.9 Å². The second-order valence-corrected chi connectivity index (χ2v) is 6.70. The Morgan fingerprint density at radius 3 is 3.05 bits per heavy atom. The van der Waals surface area contributed by atoms with Crippen molar-refractivity contribution in [2.24, 2.45) is 4.99 Å². The first kappa shape index (κ1) is 15.2. The Labute approximate surface area is 137 Å². The molecule has 7 heteroatoms. The summed E-state index contributed by atoms with van der Waals surface area (Å²) < 4.78 is 5.60. The molecule has 0 aromatic heterocycles. The van der Waals surface area contributed by atoms with E-state index in [0.717, 1.165) is 19.4 Å². The summed E-state index contributed by atoms with van der Waals surface area (Å²) in [6.45, 7) is 1.33. The van der Waals surface area contributed by atoms with E-state index >= 15 is 0 Å². The highest BCUT2D eigenvalue weighted by Gasteiger charge is 2.31. The Balaban J connectivity index is 1.83. The van der Waals surface area contributed by atoms with Crippen LogP contribution in [0.15, 0.2) is 23.2 Å². The van der Waals surface area contributed by atoms with Crippen LogP contribution in [0.25, 0.3) is 0 Å². The van der Waals surface area contributed by atoms with Crippen molar-refractivity contribution in [2.45, 2.75) is 18.9 Å². The summed E-state index contributed by atoms with van der Waals surface area (Å²) in [6.07, 6.45) is 2.14. The number of rotatable bonds is 3. The van der Waals surface area contributed by atoms with Crippen LogP contribution in [0.2, 0.25) is 10.0 Å². The van der Waals surface area contributed by atoms with Crippen molar-refractivity contribution < 1.29 is 9.53 Å². The minimum Gasteiger partial charge on any atom is -0.376 e. The Bertz CT molecular complexity index is 588. The van der Waals surface area contributed by atoms with Crippen molar-refractivity contribution in [1.82, 2.24) is 4.90 Å². The maximum Gasteiger partial charge on any atom is 0.239 e. The highest BCUT2D eigenvalue weighted by Crippen LogP contribution is 2.31. The Morgan fingerprint density at radius 2 is 2.29 bits per heavy atom. The molecule has 1 aromatic carbocycles. The molecule has 1 aromatic rings. The molecule has 112 valence electrons. The molecule has 2 fully saturated rings. The van der Waals surface area contributed by atoms with Gasteiger partial charge in [-0.15, -0.1) is 0 Å². The summed E-state index contributed by atoms with van der Waals surface area (Å²) in [5.41, 5.74) is 0.582. The number of nitrogens with zero attached hydrogens (tertiary/aromatic N) is 2. The van der Waals surface area contributed by atoms with Crippen molar-refractivity contribution >= 4 is 51.7 Å². The highest BCUT2D eigenvalue weighted by molar-refractivity contribution is 8.15. The van der Waals surface area contributed by atoms with E-state index in [1.165, 1.54) is 11.8 Å². The molecule has 1 atom stereocenters. The van der Waals surface area contributed by atoms with Crippen molar-refractivity contribution in [1.29, 1.82) is 0 Å². The fourth-order valence-corrected chi connectivity index (χ4v) is 3.56. The van der Waals surface area contributed by atoms with Gasteiger partial charge in [0.05, 0.1) is 29.1 Å². The van der Waals surface area contributed by atoms with E-state index in [1.54, 1.807) is 23.1 Å². The Kier molecular flexibility index (Phi) is 4.74. The summed E-state index contributed by atoms with van der Waals surface area (Å²) in [5.74, 6) is 0.469. The molecule has 0 saturated carbocycles. The van der Waals surface area contributed by atoms with E-state index in [1.807, 2.05) is 0 Å². The van der Waals surface area contributed by atoms with Gasteiger partial charge in [0, 0.05) is 11.6 Å². The molecule has 2 heterocycles. The molecule has 0 unspecified atom stereocenters. The number of amides is 1. The van der Waals surface area contributed by atoms with Gasteiger partial charge in [0.25, 0.3) is 0 Å². The van der Waals surface area contributed by atoms with Crippen LogP contribution in [0.5, 0.6) is 0 Å². The molecule has 0 bridgehead atoms. The fraction of sp³-hybridized carbons (Fsp3) is 0.429. The van der Waals surface area contributed by atoms with Crippen molar-refractivity contribution in [3.63, 3.8) is 0 Å². The topological polar surface area (TPSA) is 41.9 Å². The lowest BCUT2D eigenvalue weighted by atomic mass is 10.2. The van der Waals surface area contributed by atoms with Crippen molar-refractivity contribution in [3.8, 4) is 0 Å². The number of hydrogen-bond donors (Lipinski definition) is 0. The first-order chi connectivity index (χ1) is 10.1. The van der Waals surface area contributed by atoms with Crippen LogP contribution < -0.4 is 0 Å². The minimum atomic E-state index is 0.0624. The molecular weight excluding hydrogens is 331 g/mol. The molecule has 0 aliphatic carbocycles. The second-order valence-electron chi connectivity index (χ2n) is 4.92. The van der Waals surface area contributed by atoms with Crippen LogP contribution in [0.3, 0.4) is 0 Å². The standard InChI is InChI=1S/C14H14Cl2N2O2S/c15-9-3-4-11(16)12(6-9)17-14-18(13(19)8-21-14)7-10-2-1-5-20-10/h3-4,6,10H,1-2,5,7-8H2/t10-/m1/s1. The molecule has 2 aliphatic heterocycles. The van der Waals surface area contributed by atoms with E-state index < -0.39 is 0 Å². The Hall–Kier alpha value is -0.750. The van der Waals surface area contributed by atoms with Gasteiger partial charge in [-0.25, -0.2) is 4.99 Å². The molecule has 3 rings (SSSR count). The lowest BCUT2D eigenvalue weighted by Gasteiger charge is -2.19. The summed E-state index contributed by atoms with van der Waals surface area (Å²) in [4.78, 5) is 18.2. The van der Waals surface area contributed by atoms with Crippen LogP contribution in [0.1, 0.15) is 12.8 Å². The minimum absolute atomic E-state index is 0.0624. The van der Waals surface area contributed by atoms with Gasteiger partial charge in [-0.1, -0.05) is 35.0 Å². The Morgan fingerprint density at radius 1 is 1.43 bits per heavy atom. The van der Waals surface area contributed by atoms with E-state index in [-0.39, 0.29) is 12.0 Å². The van der Waals surface area contributed by atoms with E-state index in [2.05, 4.69) is 4.99 Å². The molecule has 21 heavy (non-hydrogen) atoms. The molecule has 4 nitrogen and oxygen atoms in total. The van der Waals surface area contributed by atoms with E-state index in [4.69, 9.17) is 27.9 Å². The van der Waals surface area contributed by atoms with Crippen molar-refractivity contribution in [3.05, 3.63) is 28.2 Å². The smallest absolute Gasteiger partial charge is 0.239 e. The molecule has 0 radical (unpaired) electrons. The van der Waals surface area contributed by atoms with Gasteiger partial charge >= 0.3 is 0 Å². The predicted octanol–water partition coefficient (Wildman–Crippen LogP) is 3.74. The number of ether oxygens (including phenoxy) is 1. The van der Waals surface area contributed by atoms with E-state index in [9.17, 15) is 4.79 Å². The summed E-state index contributed by atoms with van der Waals surface area (Å²) in [5, 5.41) is 1.75. The SMILES string of the molecule is O=C1CSC(=Nc2cc(Cl)ccc2Cl)N1C[C@H]1CCCO1. The number of carbonyl (C=O) groups is 1. The zero-order valence-corrected chi connectivity index (χ0v) is 13.5. The summed E-state index contributed by atoms with van der Waals surface area (Å²) in [7, 11) is 0. The number of thioether (sulfide) groups is 1. The predicted molar refractivity (Wildman–Crippen MR) is 86.7 cm³/mol. The van der Waals surface area contributed by atoms with Gasteiger partial charge in [-0.05, 0) is 31.0 Å². The van der Waals surface area contributed by atoms with E-state index in [0.29, 0.717) is 33.2 Å². The first-order valence-corrected chi connectivity index (χ1v) is 8.46.